The Morgan fingerprint density at radius 2 is 1.12 bits per heavy atom. The van der Waals surface area contributed by atoms with Gasteiger partial charge in [0.05, 0.1) is 0 Å². The van der Waals surface area contributed by atoms with Crippen LogP contribution in [0, 0.1) is 0 Å². The molecule has 0 radical (unpaired) electrons. The summed E-state index contributed by atoms with van der Waals surface area (Å²) in [4.78, 5) is 22.5. The highest BCUT2D eigenvalue weighted by molar-refractivity contribution is 6.72. The molecule has 0 saturated carbocycles. The first kappa shape index (κ1) is 15.3. The maximum absolute atomic E-state index is 13.3. The van der Waals surface area contributed by atoms with Crippen LogP contribution in [0.25, 0.3) is 0 Å². The van der Waals surface area contributed by atoms with Crippen LogP contribution in [0.2, 0.25) is 39.3 Å². The van der Waals surface area contributed by atoms with Crippen molar-refractivity contribution in [1.29, 1.82) is 0 Å². The summed E-state index contributed by atoms with van der Waals surface area (Å²) in [6.45, 7) is 10.4. The Bertz CT molecular complexity index is 252. The second-order valence-electron chi connectivity index (χ2n) is 5.43. The highest BCUT2D eigenvalue weighted by Crippen LogP contribution is 2.11. The molecular formula is C9H19FO4Si2. The van der Waals surface area contributed by atoms with Crippen molar-refractivity contribution in [2.24, 2.45) is 0 Å². The van der Waals surface area contributed by atoms with E-state index < -0.39 is 34.7 Å². The average molecular weight is 266 g/mol. The third-order valence-electron chi connectivity index (χ3n) is 1.23. The summed E-state index contributed by atoms with van der Waals surface area (Å²) in [6, 6.07) is 0. The molecule has 0 amide bonds. The molecule has 0 aliphatic heterocycles. The van der Waals surface area contributed by atoms with E-state index in [0.29, 0.717) is 0 Å². The van der Waals surface area contributed by atoms with E-state index in [1.54, 1.807) is 39.3 Å². The molecule has 16 heavy (non-hydrogen) atoms. The molecule has 4 nitrogen and oxygen atoms in total. The Labute approximate surface area is 97.4 Å². The number of carbonyl (C=O) groups excluding carboxylic acids is 2. The summed E-state index contributed by atoms with van der Waals surface area (Å²) < 4.78 is 23.1. The van der Waals surface area contributed by atoms with Crippen LogP contribution in [0.1, 0.15) is 0 Å². The van der Waals surface area contributed by atoms with Gasteiger partial charge in [-0.1, -0.05) is 0 Å². The molecular weight excluding hydrogens is 247 g/mol. The molecule has 94 valence electrons. The van der Waals surface area contributed by atoms with E-state index >= 15 is 0 Å². The second-order valence-corrected chi connectivity index (χ2v) is 14.3. The van der Waals surface area contributed by atoms with Crippen LogP contribution in [0.4, 0.5) is 4.39 Å². The Morgan fingerprint density at radius 1 is 0.875 bits per heavy atom. The zero-order chi connectivity index (χ0) is 13.1. The quantitative estimate of drug-likeness (QED) is 0.577. The van der Waals surface area contributed by atoms with Gasteiger partial charge in [0.15, 0.2) is 0 Å². The Hall–Kier alpha value is -0.696. The zero-order valence-electron chi connectivity index (χ0n) is 10.6. The molecule has 0 atom stereocenters. The summed E-state index contributed by atoms with van der Waals surface area (Å²) in [5.74, 6) is -2.27. The van der Waals surface area contributed by atoms with Gasteiger partial charge in [0.2, 0.25) is 16.6 Å². The van der Waals surface area contributed by atoms with Crippen LogP contribution in [-0.2, 0) is 18.4 Å². The van der Waals surface area contributed by atoms with E-state index in [1.807, 2.05) is 0 Å². The van der Waals surface area contributed by atoms with Crippen molar-refractivity contribution < 1.29 is 22.8 Å². The van der Waals surface area contributed by atoms with Crippen LogP contribution in [0.15, 0.2) is 0 Å². The van der Waals surface area contributed by atoms with Gasteiger partial charge in [0.25, 0.3) is 6.17 Å². The summed E-state index contributed by atoms with van der Waals surface area (Å²) in [5.41, 5.74) is 0. The lowest BCUT2D eigenvalue weighted by molar-refractivity contribution is -0.153. The number of alkyl halides is 1. The van der Waals surface area contributed by atoms with Crippen LogP contribution in [-0.4, -0.2) is 34.7 Å². The number of carbonyl (C=O) groups is 2. The molecule has 0 bridgehead atoms. The van der Waals surface area contributed by atoms with Crippen molar-refractivity contribution in [3.8, 4) is 0 Å². The molecule has 0 heterocycles. The minimum Gasteiger partial charge on any atom is -0.517 e. The van der Waals surface area contributed by atoms with Crippen LogP contribution in [0.3, 0.4) is 0 Å². The molecule has 0 rings (SSSR count). The van der Waals surface area contributed by atoms with Gasteiger partial charge in [0.1, 0.15) is 0 Å². The highest BCUT2D eigenvalue weighted by Gasteiger charge is 2.35. The van der Waals surface area contributed by atoms with Crippen LogP contribution in [0.5, 0.6) is 0 Å². The van der Waals surface area contributed by atoms with Gasteiger partial charge in [-0.3, -0.25) is 0 Å². The largest absolute Gasteiger partial charge is 0.517 e. The fourth-order valence-electron chi connectivity index (χ4n) is 0.803. The van der Waals surface area contributed by atoms with Crippen molar-refractivity contribution in [1.82, 2.24) is 0 Å². The Morgan fingerprint density at radius 3 is 1.31 bits per heavy atom. The van der Waals surface area contributed by atoms with E-state index in [1.165, 1.54) is 0 Å². The van der Waals surface area contributed by atoms with Crippen LogP contribution >= 0.6 is 0 Å². The molecule has 7 heteroatoms. The van der Waals surface area contributed by atoms with Gasteiger partial charge >= 0.3 is 11.9 Å². The standard InChI is InChI=1S/C9H19FO4Si2/c1-15(2,3)13-8(11)7(10)9(12)14-16(4,5)6/h7H,1-6H3. The van der Waals surface area contributed by atoms with Crippen LogP contribution < -0.4 is 0 Å². The predicted molar refractivity (Wildman–Crippen MR) is 63.8 cm³/mol. The third kappa shape index (κ3) is 6.73. The summed E-state index contributed by atoms with van der Waals surface area (Å²) in [6.07, 6.45) is -2.32. The molecule has 0 fully saturated rings. The van der Waals surface area contributed by atoms with Gasteiger partial charge in [-0.15, -0.1) is 0 Å². The molecule has 0 spiro atoms. The van der Waals surface area contributed by atoms with E-state index in [0.717, 1.165) is 0 Å². The number of hydrogen-bond acceptors (Lipinski definition) is 4. The molecule has 0 saturated heterocycles. The topological polar surface area (TPSA) is 52.6 Å². The number of halogens is 1. The minimum atomic E-state index is -2.32. The van der Waals surface area contributed by atoms with Gasteiger partial charge in [0, 0.05) is 0 Å². The molecule has 0 unspecified atom stereocenters. The normalized spacial score (nSPS) is 12.5. The maximum Gasteiger partial charge on any atom is 0.339 e. The number of hydrogen-bond donors (Lipinski definition) is 0. The van der Waals surface area contributed by atoms with E-state index in [9.17, 15) is 14.0 Å². The highest BCUT2D eigenvalue weighted by atomic mass is 28.4. The zero-order valence-corrected chi connectivity index (χ0v) is 12.6. The first-order chi connectivity index (χ1) is 6.92. The lowest BCUT2D eigenvalue weighted by Gasteiger charge is -2.21. The fourth-order valence-corrected chi connectivity index (χ4v) is 2.22. The van der Waals surface area contributed by atoms with Crippen molar-refractivity contribution in [3.63, 3.8) is 0 Å². The lowest BCUT2D eigenvalue weighted by atomic mass is 10.4. The molecule has 0 aromatic heterocycles. The van der Waals surface area contributed by atoms with Crippen molar-refractivity contribution in [3.05, 3.63) is 0 Å². The van der Waals surface area contributed by atoms with Gasteiger partial charge in [-0.05, 0) is 39.3 Å². The molecule has 0 N–H and O–H groups in total. The third-order valence-corrected chi connectivity index (χ3v) is 2.85. The van der Waals surface area contributed by atoms with Gasteiger partial charge < -0.3 is 8.85 Å². The van der Waals surface area contributed by atoms with Gasteiger partial charge in [-0.2, -0.15) is 0 Å². The van der Waals surface area contributed by atoms with E-state index in [2.05, 4.69) is 0 Å². The Kier molecular flexibility index (Phi) is 4.87. The molecule has 0 aromatic rings. The van der Waals surface area contributed by atoms with Crippen molar-refractivity contribution in [2.45, 2.75) is 45.5 Å². The average Bonchev–Trinajstić information content (AvgIpc) is 1.96. The summed E-state index contributed by atoms with van der Waals surface area (Å²) in [7, 11) is -4.35. The second kappa shape index (κ2) is 5.09. The predicted octanol–water partition coefficient (Wildman–Crippen LogP) is 2.08. The molecule has 0 aliphatic carbocycles. The molecule has 0 aromatic carbocycles. The smallest absolute Gasteiger partial charge is 0.339 e. The SMILES string of the molecule is C[Si](C)(C)OC(=O)C(F)C(=O)O[Si](C)(C)C. The summed E-state index contributed by atoms with van der Waals surface area (Å²) in [5, 5.41) is 0. The first-order valence-corrected chi connectivity index (χ1v) is 11.8. The van der Waals surface area contributed by atoms with Crippen molar-refractivity contribution >= 4 is 28.6 Å². The maximum atomic E-state index is 13.3. The lowest BCUT2D eigenvalue weighted by Crippen LogP contribution is -2.41. The minimum absolute atomic E-state index is 1.14. The summed E-state index contributed by atoms with van der Waals surface area (Å²) >= 11 is 0. The number of rotatable bonds is 4. The fraction of sp³-hybridized carbons (Fsp3) is 0.778. The van der Waals surface area contributed by atoms with E-state index in [4.69, 9.17) is 8.85 Å². The monoisotopic (exact) mass is 266 g/mol. The first-order valence-electron chi connectivity index (χ1n) is 5.02. The molecule has 0 aliphatic rings. The van der Waals surface area contributed by atoms with Crippen molar-refractivity contribution in [2.75, 3.05) is 0 Å². The van der Waals surface area contributed by atoms with Gasteiger partial charge in [-0.25, -0.2) is 14.0 Å². The van der Waals surface area contributed by atoms with E-state index in [-0.39, 0.29) is 0 Å². The Balaban J connectivity index is 4.40.